The summed E-state index contributed by atoms with van der Waals surface area (Å²) in [6.07, 6.45) is 5.22. The number of benzene rings is 1. The smallest absolute Gasteiger partial charge is 0.235 e. The van der Waals surface area contributed by atoms with E-state index >= 15 is 0 Å². The van der Waals surface area contributed by atoms with Crippen molar-refractivity contribution in [1.82, 2.24) is 20.3 Å². The van der Waals surface area contributed by atoms with E-state index in [4.69, 9.17) is 9.47 Å². The predicted molar refractivity (Wildman–Crippen MR) is 109 cm³/mol. The molecule has 150 valence electrons. The molecule has 0 spiro atoms. The molecular weight excluding hydrogens is 368 g/mol. The number of aromatic nitrogens is 3. The molecule has 0 aliphatic carbocycles. The average Bonchev–Trinajstić information content (AvgIpc) is 3.18. The lowest BCUT2D eigenvalue weighted by Gasteiger charge is -2.19. The summed E-state index contributed by atoms with van der Waals surface area (Å²) in [5.74, 6) is 0.713. The van der Waals surface area contributed by atoms with Gasteiger partial charge in [-0.2, -0.15) is 0 Å². The van der Waals surface area contributed by atoms with Gasteiger partial charge in [-0.15, -0.1) is 0 Å². The third-order valence-corrected chi connectivity index (χ3v) is 5.18. The van der Waals surface area contributed by atoms with Crippen LogP contribution in [0.1, 0.15) is 17.7 Å². The number of amides is 1. The molecule has 0 radical (unpaired) electrons. The summed E-state index contributed by atoms with van der Waals surface area (Å²) >= 11 is 0. The molecule has 3 heterocycles. The van der Waals surface area contributed by atoms with Crippen LogP contribution in [-0.2, 0) is 22.4 Å². The normalized spacial score (nSPS) is 18.7. The minimum absolute atomic E-state index is 0.0141. The first-order chi connectivity index (χ1) is 14.2. The van der Waals surface area contributed by atoms with Gasteiger partial charge in [-0.25, -0.2) is 9.97 Å². The molecule has 1 aliphatic heterocycles. The number of para-hydroxylation sites is 2. The molecule has 29 heavy (non-hydrogen) atoms. The van der Waals surface area contributed by atoms with Crippen molar-refractivity contribution < 1.29 is 14.3 Å². The van der Waals surface area contributed by atoms with Crippen molar-refractivity contribution in [2.75, 3.05) is 20.3 Å². The lowest BCUT2D eigenvalue weighted by molar-refractivity contribution is -0.122. The Labute approximate surface area is 169 Å². The highest BCUT2D eigenvalue weighted by Gasteiger charge is 2.29. The molecule has 2 atom stereocenters. The largest absolute Gasteiger partial charge is 0.480 e. The number of nitrogens with one attached hydrogen (secondary N) is 1. The maximum atomic E-state index is 12.6. The number of nitrogens with zero attached hydrogens (tertiary/aromatic N) is 3. The van der Waals surface area contributed by atoms with Gasteiger partial charge in [-0.05, 0) is 36.2 Å². The van der Waals surface area contributed by atoms with Gasteiger partial charge in [-0.3, -0.25) is 9.78 Å². The Morgan fingerprint density at radius 1 is 1.14 bits per heavy atom. The Kier molecular flexibility index (Phi) is 5.95. The maximum absolute atomic E-state index is 12.6. The number of hydrogen-bond acceptors (Lipinski definition) is 6. The molecule has 1 amide bonds. The van der Waals surface area contributed by atoms with Gasteiger partial charge in [0, 0.05) is 31.2 Å². The van der Waals surface area contributed by atoms with Crippen LogP contribution >= 0.6 is 0 Å². The number of pyridine rings is 1. The van der Waals surface area contributed by atoms with Gasteiger partial charge in [0.1, 0.15) is 5.69 Å². The molecule has 1 fully saturated rings. The molecule has 4 rings (SSSR count). The molecular formula is C22H24N4O3. The molecule has 1 saturated heterocycles. The highest BCUT2D eigenvalue weighted by atomic mass is 16.5. The van der Waals surface area contributed by atoms with Crippen LogP contribution in [0.3, 0.4) is 0 Å². The summed E-state index contributed by atoms with van der Waals surface area (Å²) in [6.45, 7) is 1.19. The van der Waals surface area contributed by atoms with E-state index in [1.165, 1.54) is 5.56 Å². The van der Waals surface area contributed by atoms with Gasteiger partial charge in [0.15, 0.2) is 0 Å². The zero-order valence-electron chi connectivity index (χ0n) is 16.4. The van der Waals surface area contributed by atoms with Crippen molar-refractivity contribution in [3.63, 3.8) is 0 Å². The number of aryl methyl sites for hydroxylation is 1. The van der Waals surface area contributed by atoms with Gasteiger partial charge in [0.25, 0.3) is 0 Å². The fourth-order valence-electron chi connectivity index (χ4n) is 3.64. The van der Waals surface area contributed by atoms with Crippen LogP contribution in [0.5, 0.6) is 5.88 Å². The Hall–Kier alpha value is -3.06. The van der Waals surface area contributed by atoms with E-state index in [9.17, 15) is 4.79 Å². The second kappa shape index (κ2) is 8.96. The van der Waals surface area contributed by atoms with E-state index in [1.54, 1.807) is 19.5 Å². The van der Waals surface area contributed by atoms with E-state index in [0.29, 0.717) is 37.6 Å². The van der Waals surface area contributed by atoms with Crippen molar-refractivity contribution in [2.24, 2.45) is 5.92 Å². The maximum Gasteiger partial charge on any atom is 0.235 e. The van der Waals surface area contributed by atoms with Gasteiger partial charge >= 0.3 is 0 Å². The third-order valence-electron chi connectivity index (χ3n) is 5.18. The summed E-state index contributed by atoms with van der Waals surface area (Å²) in [7, 11) is 1.57. The lowest BCUT2D eigenvalue weighted by Crippen LogP contribution is -2.40. The van der Waals surface area contributed by atoms with Crippen molar-refractivity contribution >= 4 is 16.9 Å². The molecule has 0 unspecified atom stereocenters. The molecule has 2 aromatic heterocycles. The van der Waals surface area contributed by atoms with Crippen LogP contribution in [0, 0.1) is 5.92 Å². The Morgan fingerprint density at radius 2 is 1.90 bits per heavy atom. The SMILES string of the molecule is COc1nc2ccccc2nc1CCC(=O)N[C@H]1COC[C@H]1Cc1ccncc1. The molecule has 0 saturated carbocycles. The zero-order valence-corrected chi connectivity index (χ0v) is 16.4. The first-order valence-electron chi connectivity index (χ1n) is 9.78. The predicted octanol–water partition coefficient (Wildman–Crippen LogP) is 2.34. The lowest BCUT2D eigenvalue weighted by atomic mass is 9.95. The summed E-state index contributed by atoms with van der Waals surface area (Å²) in [4.78, 5) is 25.7. The Bertz CT molecular complexity index is 980. The van der Waals surface area contributed by atoms with Crippen LogP contribution < -0.4 is 10.1 Å². The molecule has 7 nitrogen and oxygen atoms in total. The average molecular weight is 392 g/mol. The number of carbonyl (C=O) groups is 1. The fraction of sp³-hybridized carbons (Fsp3) is 0.364. The standard InChI is InChI=1S/C22H24N4O3/c1-28-22-19(24-17-4-2-3-5-18(17)26-22)6-7-21(27)25-20-14-29-13-16(20)12-15-8-10-23-11-9-15/h2-5,8-11,16,20H,6-7,12-14H2,1H3,(H,25,27)/t16-,20+/m1/s1. The highest BCUT2D eigenvalue weighted by Crippen LogP contribution is 2.21. The first-order valence-corrected chi connectivity index (χ1v) is 9.78. The molecule has 1 aromatic carbocycles. The Morgan fingerprint density at radius 3 is 2.66 bits per heavy atom. The number of carbonyl (C=O) groups excluding carboxylic acids is 1. The van der Waals surface area contributed by atoms with Gasteiger partial charge < -0.3 is 14.8 Å². The molecule has 1 N–H and O–H groups in total. The monoisotopic (exact) mass is 392 g/mol. The Balaban J connectivity index is 1.36. The van der Waals surface area contributed by atoms with Gasteiger partial charge in [0.2, 0.25) is 11.8 Å². The number of fused-ring (bicyclic) bond motifs is 1. The second-order valence-corrected chi connectivity index (χ2v) is 7.20. The van der Waals surface area contributed by atoms with E-state index < -0.39 is 0 Å². The fourth-order valence-corrected chi connectivity index (χ4v) is 3.64. The summed E-state index contributed by atoms with van der Waals surface area (Å²) < 4.78 is 11.0. The van der Waals surface area contributed by atoms with Crippen LogP contribution in [0.25, 0.3) is 11.0 Å². The van der Waals surface area contributed by atoms with Gasteiger partial charge in [0.05, 0.1) is 37.4 Å². The molecule has 7 heteroatoms. The second-order valence-electron chi connectivity index (χ2n) is 7.20. The van der Waals surface area contributed by atoms with Crippen molar-refractivity contribution in [2.45, 2.75) is 25.3 Å². The van der Waals surface area contributed by atoms with Crippen LogP contribution in [0.15, 0.2) is 48.8 Å². The number of hydrogen-bond donors (Lipinski definition) is 1. The minimum Gasteiger partial charge on any atom is -0.480 e. The van der Waals surface area contributed by atoms with Crippen LogP contribution in [0.4, 0.5) is 0 Å². The van der Waals surface area contributed by atoms with Crippen molar-refractivity contribution in [1.29, 1.82) is 0 Å². The van der Waals surface area contributed by atoms with Crippen molar-refractivity contribution in [3.8, 4) is 5.88 Å². The highest BCUT2D eigenvalue weighted by molar-refractivity contribution is 5.77. The minimum atomic E-state index is -0.0164. The summed E-state index contributed by atoms with van der Waals surface area (Å²) in [6, 6.07) is 11.7. The molecule has 1 aliphatic rings. The molecule has 3 aromatic rings. The van der Waals surface area contributed by atoms with Gasteiger partial charge in [-0.1, -0.05) is 12.1 Å². The number of ether oxygens (including phenoxy) is 2. The third kappa shape index (κ3) is 4.68. The van der Waals surface area contributed by atoms with Crippen molar-refractivity contribution in [3.05, 3.63) is 60.0 Å². The zero-order chi connectivity index (χ0) is 20.1. The quantitative estimate of drug-likeness (QED) is 0.664. The topological polar surface area (TPSA) is 86.2 Å². The van der Waals surface area contributed by atoms with E-state index in [-0.39, 0.29) is 17.9 Å². The number of methoxy groups -OCH3 is 1. The molecule has 0 bridgehead atoms. The van der Waals surface area contributed by atoms with E-state index in [1.807, 2.05) is 36.4 Å². The van der Waals surface area contributed by atoms with E-state index in [2.05, 4.69) is 20.3 Å². The number of rotatable bonds is 7. The first kappa shape index (κ1) is 19.3. The van der Waals surface area contributed by atoms with Crippen LogP contribution in [-0.4, -0.2) is 47.2 Å². The summed E-state index contributed by atoms with van der Waals surface area (Å²) in [5.41, 5.74) is 3.47. The summed E-state index contributed by atoms with van der Waals surface area (Å²) in [5, 5.41) is 3.13. The van der Waals surface area contributed by atoms with E-state index in [0.717, 1.165) is 17.5 Å². The van der Waals surface area contributed by atoms with Crippen LogP contribution in [0.2, 0.25) is 0 Å².